The highest BCUT2D eigenvalue weighted by molar-refractivity contribution is 7.90. The number of para-hydroxylation sites is 2. The van der Waals surface area contributed by atoms with Crippen LogP contribution in [0.2, 0.25) is 0 Å². The number of anilines is 2. The summed E-state index contributed by atoms with van der Waals surface area (Å²) >= 11 is 0. The molecule has 0 spiro atoms. The third-order valence-corrected chi connectivity index (χ3v) is 5.15. The lowest BCUT2D eigenvalue weighted by atomic mass is 10.2. The van der Waals surface area contributed by atoms with E-state index in [9.17, 15) is 18.0 Å². The number of rotatable bonds is 4. The Morgan fingerprint density at radius 1 is 1.12 bits per heavy atom. The molecule has 0 saturated carbocycles. The number of carbonyl (C=O) groups excluding carboxylic acids is 2. The average molecular weight is 358 g/mol. The molecule has 1 saturated heterocycles. The van der Waals surface area contributed by atoms with Crippen molar-refractivity contribution in [2.75, 3.05) is 23.0 Å². The molecule has 7 heteroatoms. The van der Waals surface area contributed by atoms with Crippen molar-refractivity contribution in [2.24, 2.45) is 0 Å². The van der Waals surface area contributed by atoms with Crippen LogP contribution < -0.4 is 10.2 Å². The van der Waals surface area contributed by atoms with E-state index in [1.54, 1.807) is 35.2 Å². The fourth-order valence-electron chi connectivity index (χ4n) is 2.78. The molecular weight excluding hydrogens is 340 g/mol. The summed E-state index contributed by atoms with van der Waals surface area (Å²) in [4.78, 5) is 26.3. The van der Waals surface area contributed by atoms with Crippen molar-refractivity contribution in [1.82, 2.24) is 0 Å². The molecule has 1 fully saturated rings. The highest BCUT2D eigenvalue weighted by atomic mass is 32.2. The molecule has 25 heavy (non-hydrogen) atoms. The predicted octanol–water partition coefficient (Wildman–Crippen LogP) is 2.47. The second kappa shape index (κ2) is 6.68. The summed E-state index contributed by atoms with van der Waals surface area (Å²) in [7, 11) is -3.39. The quantitative estimate of drug-likeness (QED) is 0.910. The minimum absolute atomic E-state index is 0.0285. The smallest absolute Gasteiger partial charge is 0.255 e. The number of nitrogens with one attached hydrogen (secondary N) is 1. The molecule has 1 aliphatic rings. The Bertz CT molecular complexity index is 938. The van der Waals surface area contributed by atoms with Crippen LogP contribution in [-0.2, 0) is 14.6 Å². The second-order valence-electron chi connectivity index (χ2n) is 5.92. The first-order valence-electron chi connectivity index (χ1n) is 7.87. The highest BCUT2D eigenvalue weighted by Crippen LogP contribution is 2.29. The fourth-order valence-corrected chi connectivity index (χ4v) is 3.45. The average Bonchev–Trinajstić information content (AvgIpc) is 3.00. The van der Waals surface area contributed by atoms with Gasteiger partial charge in [-0.15, -0.1) is 0 Å². The summed E-state index contributed by atoms with van der Waals surface area (Å²) < 4.78 is 23.3. The lowest BCUT2D eigenvalue weighted by Crippen LogP contribution is -2.25. The molecule has 1 heterocycles. The van der Waals surface area contributed by atoms with Gasteiger partial charge in [-0.1, -0.05) is 18.2 Å². The van der Waals surface area contributed by atoms with Crippen LogP contribution in [0.25, 0.3) is 0 Å². The largest absolute Gasteiger partial charge is 0.320 e. The number of benzene rings is 2. The lowest BCUT2D eigenvalue weighted by molar-refractivity contribution is -0.117. The second-order valence-corrected chi connectivity index (χ2v) is 7.94. The van der Waals surface area contributed by atoms with Crippen LogP contribution in [0.3, 0.4) is 0 Å². The van der Waals surface area contributed by atoms with Crippen molar-refractivity contribution in [3.8, 4) is 0 Å². The van der Waals surface area contributed by atoms with Gasteiger partial charge in [-0.2, -0.15) is 0 Å². The molecule has 1 N–H and O–H groups in total. The first kappa shape index (κ1) is 17.2. The number of hydrogen-bond donors (Lipinski definition) is 1. The maximum absolute atomic E-state index is 12.5. The minimum Gasteiger partial charge on any atom is -0.320 e. The van der Waals surface area contributed by atoms with Crippen molar-refractivity contribution in [2.45, 2.75) is 17.7 Å². The van der Waals surface area contributed by atoms with Gasteiger partial charge in [0.25, 0.3) is 5.91 Å². The minimum atomic E-state index is -3.39. The summed E-state index contributed by atoms with van der Waals surface area (Å²) in [5.41, 5.74) is 1.41. The maximum atomic E-state index is 12.5. The van der Waals surface area contributed by atoms with Crippen molar-refractivity contribution in [3.63, 3.8) is 0 Å². The van der Waals surface area contributed by atoms with Crippen LogP contribution in [0, 0.1) is 0 Å². The van der Waals surface area contributed by atoms with Crippen molar-refractivity contribution < 1.29 is 18.0 Å². The molecule has 0 aliphatic carbocycles. The summed E-state index contributed by atoms with van der Waals surface area (Å²) in [5, 5.41) is 2.78. The SMILES string of the molecule is CS(=O)(=O)c1cccc(C(=O)Nc2ccccc2N2CCCC2=O)c1. The molecule has 1 aliphatic heterocycles. The zero-order valence-electron chi connectivity index (χ0n) is 13.7. The molecule has 2 aromatic rings. The number of amides is 2. The molecule has 3 rings (SSSR count). The van der Waals surface area contributed by atoms with E-state index in [0.29, 0.717) is 24.3 Å². The van der Waals surface area contributed by atoms with Crippen molar-refractivity contribution >= 4 is 33.0 Å². The summed E-state index contributed by atoms with van der Waals surface area (Å²) in [6, 6.07) is 12.9. The molecule has 0 unspecified atom stereocenters. The maximum Gasteiger partial charge on any atom is 0.255 e. The van der Waals surface area contributed by atoms with E-state index in [-0.39, 0.29) is 16.4 Å². The van der Waals surface area contributed by atoms with E-state index in [0.717, 1.165) is 12.7 Å². The standard InChI is InChI=1S/C18H18N2O4S/c1-25(23,24)14-7-4-6-13(12-14)18(22)19-15-8-2-3-9-16(15)20-11-5-10-17(20)21/h2-4,6-9,12H,5,10-11H2,1H3,(H,19,22). The first-order valence-corrected chi connectivity index (χ1v) is 9.76. The Morgan fingerprint density at radius 2 is 1.88 bits per heavy atom. The normalized spacial score (nSPS) is 14.6. The van der Waals surface area contributed by atoms with Crippen LogP contribution in [-0.4, -0.2) is 33.0 Å². The van der Waals surface area contributed by atoms with E-state index >= 15 is 0 Å². The van der Waals surface area contributed by atoms with Gasteiger partial charge in [0.15, 0.2) is 9.84 Å². The third kappa shape index (κ3) is 3.71. The topological polar surface area (TPSA) is 83.6 Å². The molecule has 0 bridgehead atoms. The number of sulfone groups is 1. The summed E-state index contributed by atoms with van der Waals surface area (Å²) in [6.07, 6.45) is 2.38. The van der Waals surface area contributed by atoms with E-state index in [4.69, 9.17) is 0 Å². The Labute approximate surface area is 146 Å². The van der Waals surface area contributed by atoms with Crippen molar-refractivity contribution in [3.05, 3.63) is 54.1 Å². The Balaban J connectivity index is 1.88. The molecule has 0 aromatic heterocycles. The Morgan fingerprint density at radius 3 is 2.56 bits per heavy atom. The van der Waals surface area contributed by atoms with Gasteiger partial charge >= 0.3 is 0 Å². The van der Waals surface area contributed by atoms with Gasteiger partial charge < -0.3 is 10.2 Å². The monoisotopic (exact) mass is 358 g/mol. The molecule has 6 nitrogen and oxygen atoms in total. The zero-order chi connectivity index (χ0) is 18.0. The number of nitrogens with zero attached hydrogens (tertiary/aromatic N) is 1. The van der Waals surface area contributed by atoms with Crippen molar-refractivity contribution in [1.29, 1.82) is 0 Å². The molecular formula is C18H18N2O4S. The fraction of sp³-hybridized carbons (Fsp3) is 0.222. The molecule has 0 radical (unpaired) electrons. The van der Waals surface area contributed by atoms with Gasteiger partial charge in [0, 0.05) is 24.8 Å². The van der Waals surface area contributed by atoms with Gasteiger partial charge in [-0.3, -0.25) is 9.59 Å². The molecule has 130 valence electrons. The van der Waals surface area contributed by atoms with E-state index in [2.05, 4.69) is 5.32 Å². The van der Waals surface area contributed by atoms with Gasteiger partial charge in [0.2, 0.25) is 5.91 Å². The number of hydrogen-bond acceptors (Lipinski definition) is 4. The van der Waals surface area contributed by atoms with Gasteiger partial charge in [0.05, 0.1) is 16.3 Å². The zero-order valence-corrected chi connectivity index (χ0v) is 14.5. The van der Waals surface area contributed by atoms with Crippen LogP contribution in [0.5, 0.6) is 0 Å². The molecule has 2 aromatic carbocycles. The van der Waals surface area contributed by atoms with E-state index in [1.807, 2.05) is 0 Å². The van der Waals surface area contributed by atoms with Crippen LogP contribution in [0.4, 0.5) is 11.4 Å². The third-order valence-electron chi connectivity index (χ3n) is 4.04. The lowest BCUT2D eigenvalue weighted by Gasteiger charge is -2.20. The van der Waals surface area contributed by atoms with Crippen LogP contribution in [0.1, 0.15) is 23.2 Å². The van der Waals surface area contributed by atoms with Crippen LogP contribution in [0.15, 0.2) is 53.4 Å². The van der Waals surface area contributed by atoms with Crippen LogP contribution >= 0.6 is 0 Å². The van der Waals surface area contributed by atoms with E-state index in [1.165, 1.54) is 18.2 Å². The summed E-state index contributed by atoms with van der Waals surface area (Å²) in [6.45, 7) is 0.620. The Hall–Kier alpha value is -2.67. The Kier molecular flexibility index (Phi) is 4.59. The highest BCUT2D eigenvalue weighted by Gasteiger charge is 2.24. The number of carbonyl (C=O) groups is 2. The molecule has 2 amide bonds. The molecule has 0 atom stereocenters. The van der Waals surface area contributed by atoms with Gasteiger partial charge in [0.1, 0.15) is 0 Å². The predicted molar refractivity (Wildman–Crippen MR) is 95.5 cm³/mol. The van der Waals surface area contributed by atoms with Gasteiger partial charge in [-0.25, -0.2) is 8.42 Å². The van der Waals surface area contributed by atoms with Gasteiger partial charge in [-0.05, 0) is 36.8 Å². The summed E-state index contributed by atoms with van der Waals surface area (Å²) in [5.74, 6) is -0.398. The van der Waals surface area contributed by atoms with E-state index < -0.39 is 15.7 Å². The first-order chi connectivity index (χ1) is 11.9.